The first-order valence-electron chi connectivity index (χ1n) is 5.56. The van der Waals surface area contributed by atoms with Crippen LogP contribution in [-0.2, 0) is 13.0 Å². The van der Waals surface area contributed by atoms with Gasteiger partial charge >= 0.3 is 0 Å². The molecule has 0 bridgehead atoms. The fourth-order valence-corrected chi connectivity index (χ4v) is 2.98. The van der Waals surface area contributed by atoms with Crippen molar-refractivity contribution >= 4 is 44.7 Å². The minimum atomic E-state index is 0.496. The second kappa shape index (κ2) is 5.99. The predicted molar refractivity (Wildman–Crippen MR) is 80.5 cm³/mol. The zero-order valence-corrected chi connectivity index (χ0v) is 13.3. The molecule has 2 aromatic heterocycles. The van der Waals surface area contributed by atoms with Crippen molar-refractivity contribution < 1.29 is 0 Å². The minimum absolute atomic E-state index is 0.496. The minimum Gasteiger partial charge on any atom is -0.355 e. The summed E-state index contributed by atoms with van der Waals surface area (Å²) < 4.78 is 1.14. The van der Waals surface area contributed by atoms with Crippen molar-refractivity contribution in [3.8, 4) is 0 Å². The lowest BCUT2D eigenvalue weighted by Gasteiger charge is -2.18. The predicted octanol–water partition coefficient (Wildman–Crippen LogP) is 4.15. The first-order chi connectivity index (χ1) is 8.58. The van der Waals surface area contributed by atoms with Crippen LogP contribution in [-0.4, -0.2) is 17.0 Å². The number of hydrogen-bond donors (Lipinski definition) is 0. The van der Waals surface area contributed by atoms with Crippen LogP contribution in [0.3, 0.4) is 0 Å². The number of rotatable bonds is 4. The van der Waals surface area contributed by atoms with E-state index in [0.717, 1.165) is 28.4 Å². The molecule has 3 nitrogen and oxygen atoms in total. The van der Waals surface area contributed by atoms with Gasteiger partial charge in [-0.2, -0.15) is 0 Å². The molecule has 0 fully saturated rings. The molecule has 2 heterocycles. The van der Waals surface area contributed by atoms with Crippen molar-refractivity contribution in [2.75, 3.05) is 11.9 Å². The van der Waals surface area contributed by atoms with Gasteiger partial charge < -0.3 is 4.90 Å². The highest BCUT2D eigenvalue weighted by Gasteiger charge is 2.08. The Labute approximate surface area is 124 Å². The van der Waals surface area contributed by atoms with Gasteiger partial charge in [0.05, 0.1) is 3.79 Å². The maximum absolute atomic E-state index is 6.00. The molecule has 0 aliphatic heterocycles. The fraction of sp³-hybridized carbons (Fsp3) is 0.333. The molecule has 2 rings (SSSR count). The number of hydrogen-bond acceptors (Lipinski definition) is 4. The number of nitrogens with zero attached hydrogens (tertiary/aromatic N) is 3. The van der Waals surface area contributed by atoms with Crippen LogP contribution in [0.25, 0.3) is 0 Å². The number of aromatic nitrogens is 2. The van der Waals surface area contributed by atoms with Gasteiger partial charge in [0.15, 0.2) is 0 Å². The molecule has 18 heavy (non-hydrogen) atoms. The van der Waals surface area contributed by atoms with Gasteiger partial charge in [0, 0.05) is 26.1 Å². The number of aryl methyl sites for hydroxylation is 1. The lowest BCUT2D eigenvalue weighted by molar-refractivity contribution is 0.860. The highest BCUT2D eigenvalue weighted by molar-refractivity contribution is 9.11. The smallest absolute Gasteiger partial charge is 0.134 e. The molecule has 0 radical (unpaired) electrons. The van der Waals surface area contributed by atoms with Crippen LogP contribution in [0.2, 0.25) is 5.15 Å². The summed E-state index contributed by atoms with van der Waals surface area (Å²) in [6, 6.07) is 3.91. The first-order valence-corrected chi connectivity index (χ1v) is 7.61. The summed E-state index contributed by atoms with van der Waals surface area (Å²) in [6.45, 7) is 2.82. The van der Waals surface area contributed by atoms with E-state index in [-0.39, 0.29) is 0 Å². The maximum Gasteiger partial charge on any atom is 0.134 e. The second-order valence-electron chi connectivity index (χ2n) is 3.93. The summed E-state index contributed by atoms with van der Waals surface area (Å²) in [5.41, 5.74) is 1.25. The Morgan fingerprint density at radius 2 is 2.17 bits per heavy atom. The Hall–Kier alpha value is -0.650. The number of halogens is 2. The SMILES string of the molecule is CCc1nc(Cl)cc(N(C)Cc2csc(Br)c2)n1. The van der Waals surface area contributed by atoms with Gasteiger partial charge in [-0.25, -0.2) is 9.97 Å². The van der Waals surface area contributed by atoms with Crippen molar-refractivity contribution in [3.63, 3.8) is 0 Å². The molecular weight excluding hydrogens is 334 g/mol. The van der Waals surface area contributed by atoms with Crippen molar-refractivity contribution in [1.82, 2.24) is 9.97 Å². The van der Waals surface area contributed by atoms with Crippen molar-refractivity contribution in [2.45, 2.75) is 19.9 Å². The molecule has 0 amide bonds. The lowest BCUT2D eigenvalue weighted by Crippen LogP contribution is -2.18. The summed E-state index contributed by atoms with van der Waals surface area (Å²) in [5, 5.41) is 2.62. The van der Waals surface area contributed by atoms with Crippen LogP contribution in [0, 0.1) is 0 Å². The van der Waals surface area contributed by atoms with E-state index in [1.165, 1.54) is 5.56 Å². The molecule has 0 saturated carbocycles. The average Bonchev–Trinajstić information content (AvgIpc) is 2.73. The molecule has 6 heteroatoms. The first kappa shape index (κ1) is 13.8. The van der Waals surface area contributed by atoms with Gasteiger partial charge in [0.25, 0.3) is 0 Å². The van der Waals surface area contributed by atoms with E-state index in [4.69, 9.17) is 11.6 Å². The Kier molecular flexibility index (Phi) is 4.59. The van der Waals surface area contributed by atoms with E-state index in [1.807, 2.05) is 14.0 Å². The van der Waals surface area contributed by atoms with E-state index in [2.05, 4.69) is 42.2 Å². The average molecular weight is 347 g/mol. The Bertz CT molecular complexity index is 544. The molecule has 96 valence electrons. The third kappa shape index (κ3) is 3.43. The summed E-state index contributed by atoms with van der Waals surface area (Å²) in [7, 11) is 2.00. The van der Waals surface area contributed by atoms with Crippen molar-refractivity contribution in [2.24, 2.45) is 0 Å². The van der Waals surface area contributed by atoms with E-state index in [9.17, 15) is 0 Å². The van der Waals surface area contributed by atoms with Crippen LogP contribution < -0.4 is 4.90 Å². The highest BCUT2D eigenvalue weighted by atomic mass is 79.9. The fourth-order valence-electron chi connectivity index (χ4n) is 1.59. The standard InChI is InChI=1S/C12H13BrClN3S/c1-3-11-15-10(14)5-12(16-11)17(2)6-8-4-9(13)18-7-8/h4-5,7H,3,6H2,1-2H3. The van der Waals surface area contributed by atoms with Crippen LogP contribution in [0.15, 0.2) is 21.3 Å². The Balaban J connectivity index is 2.17. The van der Waals surface area contributed by atoms with Crippen LogP contribution >= 0.6 is 38.9 Å². The molecule has 0 spiro atoms. The number of thiophene rings is 1. The maximum atomic E-state index is 6.00. The van der Waals surface area contributed by atoms with Gasteiger partial charge in [0.1, 0.15) is 16.8 Å². The largest absolute Gasteiger partial charge is 0.355 e. The second-order valence-corrected chi connectivity index (χ2v) is 6.61. The summed E-state index contributed by atoms with van der Waals surface area (Å²) in [4.78, 5) is 10.7. The molecule has 2 aromatic rings. The monoisotopic (exact) mass is 345 g/mol. The molecule has 0 aromatic carbocycles. The molecule has 0 aliphatic carbocycles. The summed E-state index contributed by atoms with van der Waals surface area (Å²) >= 11 is 11.1. The number of anilines is 1. The highest BCUT2D eigenvalue weighted by Crippen LogP contribution is 2.23. The van der Waals surface area contributed by atoms with Crippen LogP contribution in [0.1, 0.15) is 18.3 Å². The Morgan fingerprint density at radius 3 is 2.78 bits per heavy atom. The van der Waals surface area contributed by atoms with E-state index in [1.54, 1.807) is 17.4 Å². The van der Waals surface area contributed by atoms with E-state index in [0.29, 0.717) is 5.15 Å². The quantitative estimate of drug-likeness (QED) is 0.779. The third-order valence-corrected chi connectivity index (χ3v) is 4.22. The van der Waals surface area contributed by atoms with Gasteiger partial charge in [-0.15, -0.1) is 11.3 Å². The normalized spacial score (nSPS) is 10.7. The lowest BCUT2D eigenvalue weighted by atomic mass is 10.3. The molecule has 0 unspecified atom stereocenters. The zero-order valence-electron chi connectivity index (χ0n) is 10.2. The Morgan fingerprint density at radius 1 is 1.39 bits per heavy atom. The molecule has 0 aliphatic rings. The van der Waals surface area contributed by atoms with Crippen LogP contribution in [0.5, 0.6) is 0 Å². The zero-order chi connectivity index (χ0) is 13.1. The molecule has 0 N–H and O–H groups in total. The summed E-state index contributed by atoms with van der Waals surface area (Å²) in [5.74, 6) is 1.63. The van der Waals surface area contributed by atoms with Gasteiger partial charge in [0.2, 0.25) is 0 Å². The van der Waals surface area contributed by atoms with Crippen molar-refractivity contribution in [1.29, 1.82) is 0 Å². The topological polar surface area (TPSA) is 29.0 Å². The van der Waals surface area contributed by atoms with E-state index < -0.39 is 0 Å². The molecular formula is C12H13BrClN3S. The molecule has 0 saturated heterocycles. The van der Waals surface area contributed by atoms with Crippen molar-refractivity contribution in [3.05, 3.63) is 37.8 Å². The van der Waals surface area contributed by atoms with Gasteiger partial charge in [-0.1, -0.05) is 18.5 Å². The van der Waals surface area contributed by atoms with Gasteiger partial charge in [-0.3, -0.25) is 0 Å². The third-order valence-electron chi connectivity index (χ3n) is 2.48. The van der Waals surface area contributed by atoms with Gasteiger partial charge in [-0.05, 0) is 32.9 Å². The van der Waals surface area contributed by atoms with Crippen LogP contribution in [0.4, 0.5) is 5.82 Å². The summed E-state index contributed by atoms with van der Waals surface area (Å²) in [6.07, 6.45) is 0.783. The molecule has 0 atom stereocenters. The van der Waals surface area contributed by atoms with E-state index >= 15 is 0 Å².